The summed E-state index contributed by atoms with van der Waals surface area (Å²) < 4.78 is 0. The van der Waals surface area contributed by atoms with Crippen molar-refractivity contribution in [2.45, 2.75) is 40.7 Å². The number of amides is 2. The van der Waals surface area contributed by atoms with Crippen molar-refractivity contribution in [2.75, 3.05) is 6.54 Å². The van der Waals surface area contributed by atoms with E-state index in [1.54, 1.807) is 0 Å². The van der Waals surface area contributed by atoms with Crippen LogP contribution in [-0.4, -0.2) is 35.5 Å². The molecular formula is C12H22N2O4. The Morgan fingerprint density at radius 3 is 2.06 bits per heavy atom. The molecule has 0 aromatic rings. The minimum absolute atomic E-state index is 0.312. The van der Waals surface area contributed by atoms with Crippen LogP contribution in [-0.2, 0) is 14.4 Å². The summed E-state index contributed by atoms with van der Waals surface area (Å²) in [4.78, 5) is 34.2. The Kier molecular flexibility index (Phi) is 5.81. The Morgan fingerprint density at radius 2 is 1.67 bits per heavy atom. The first-order valence-electron chi connectivity index (χ1n) is 5.91. The minimum Gasteiger partial charge on any atom is -0.480 e. The third kappa shape index (κ3) is 4.73. The third-order valence-electron chi connectivity index (χ3n) is 2.53. The summed E-state index contributed by atoms with van der Waals surface area (Å²) >= 11 is 0. The second-order valence-electron chi connectivity index (χ2n) is 5.26. The van der Waals surface area contributed by atoms with E-state index in [9.17, 15) is 14.4 Å². The molecule has 1 unspecified atom stereocenters. The van der Waals surface area contributed by atoms with Gasteiger partial charge in [-0.25, -0.2) is 0 Å². The van der Waals surface area contributed by atoms with E-state index in [1.165, 1.54) is 20.8 Å². The van der Waals surface area contributed by atoms with Crippen LogP contribution in [0.3, 0.4) is 0 Å². The fourth-order valence-corrected chi connectivity index (χ4v) is 0.998. The highest BCUT2D eigenvalue weighted by molar-refractivity contribution is 6.02. The number of rotatable bonds is 6. The molecule has 0 saturated carbocycles. The van der Waals surface area contributed by atoms with Gasteiger partial charge >= 0.3 is 5.97 Å². The second kappa shape index (κ2) is 6.37. The van der Waals surface area contributed by atoms with Gasteiger partial charge in [0, 0.05) is 6.54 Å². The molecule has 0 aromatic carbocycles. The molecule has 6 nitrogen and oxygen atoms in total. The van der Waals surface area contributed by atoms with Gasteiger partial charge in [-0.3, -0.25) is 14.4 Å². The third-order valence-corrected chi connectivity index (χ3v) is 2.53. The topological polar surface area (TPSA) is 95.5 Å². The molecule has 6 heteroatoms. The highest BCUT2D eigenvalue weighted by Crippen LogP contribution is 2.15. The SMILES string of the molecule is CC(C)CNC(=O)C(C)NC(=O)C(C)(C)C(=O)O. The van der Waals surface area contributed by atoms with Gasteiger partial charge in [0.05, 0.1) is 0 Å². The lowest BCUT2D eigenvalue weighted by Gasteiger charge is -2.22. The summed E-state index contributed by atoms with van der Waals surface area (Å²) in [5.41, 5.74) is -1.55. The molecule has 0 heterocycles. The smallest absolute Gasteiger partial charge is 0.318 e. The van der Waals surface area contributed by atoms with Crippen LogP contribution in [0.4, 0.5) is 0 Å². The lowest BCUT2D eigenvalue weighted by atomic mass is 9.92. The molecule has 1 atom stereocenters. The lowest BCUT2D eigenvalue weighted by Crippen LogP contribution is -2.51. The summed E-state index contributed by atoms with van der Waals surface area (Å²) in [5, 5.41) is 13.9. The van der Waals surface area contributed by atoms with Crippen molar-refractivity contribution in [3.05, 3.63) is 0 Å². The molecule has 0 aliphatic heterocycles. The Bertz CT molecular complexity index is 337. The van der Waals surface area contributed by atoms with E-state index in [1.807, 2.05) is 13.8 Å². The van der Waals surface area contributed by atoms with E-state index in [0.29, 0.717) is 12.5 Å². The van der Waals surface area contributed by atoms with Crippen LogP contribution in [0.5, 0.6) is 0 Å². The summed E-state index contributed by atoms with van der Waals surface area (Å²) in [6.45, 7) is 8.54. The zero-order valence-electron chi connectivity index (χ0n) is 11.5. The molecule has 2 amide bonds. The second-order valence-corrected chi connectivity index (χ2v) is 5.26. The maximum Gasteiger partial charge on any atom is 0.318 e. The number of carboxylic acid groups (broad SMARTS) is 1. The first-order valence-corrected chi connectivity index (χ1v) is 5.91. The maximum absolute atomic E-state index is 11.7. The van der Waals surface area contributed by atoms with E-state index >= 15 is 0 Å². The Morgan fingerprint density at radius 1 is 1.17 bits per heavy atom. The zero-order chi connectivity index (χ0) is 14.5. The number of carbonyl (C=O) groups excluding carboxylic acids is 2. The zero-order valence-corrected chi connectivity index (χ0v) is 11.5. The molecule has 0 saturated heterocycles. The lowest BCUT2D eigenvalue weighted by molar-refractivity contribution is -0.154. The first kappa shape index (κ1) is 16.4. The molecule has 104 valence electrons. The number of nitrogens with one attached hydrogen (secondary N) is 2. The van der Waals surface area contributed by atoms with Gasteiger partial charge in [0.15, 0.2) is 0 Å². The van der Waals surface area contributed by atoms with Gasteiger partial charge in [0.25, 0.3) is 0 Å². The van der Waals surface area contributed by atoms with Crippen LogP contribution < -0.4 is 10.6 Å². The molecule has 0 fully saturated rings. The van der Waals surface area contributed by atoms with E-state index in [-0.39, 0.29) is 5.91 Å². The van der Waals surface area contributed by atoms with Crippen molar-refractivity contribution in [3.8, 4) is 0 Å². The number of aliphatic carboxylic acids is 1. The van der Waals surface area contributed by atoms with Gasteiger partial charge in [-0.15, -0.1) is 0 Å². The number of carboxylic acids is 1. The van der Waals surface area contributed by atoms with Gasteiger partial charge in [0.1, 0.15) is 11.5 Å². The van der Waals surface area contributed by atoms with E-state index in [0.717, 1.165) is 0 Å². The van der Waals surface area contributed by atoms with Gasteiger partial charge in [-0.1, -0.05) is 13.8 Å². The van der Waals surface area contributed by atoms with Crippen LogP contribution in [0.25, 0.3) is 0 Å². The minimum atomic E-state index is -1.55. The fourth-order valence-electron chi connectivity index (χ4n) is 0.998. The van der Waals surface area contributed by atoms with Crippen molar-refractivity contribution >= 4 is 17.8 Å². The van der Waals surface area contributed by atoms with Gasteiger partial charge in [-0.05, 0) is 26.7 Å². The monoisotopic (exact) mass is 258 g/mol. The van der Waals surface area contributed by atoms with Gasteiger partial charge in [0.2, 0.25) is 11.8 Å². The highest BCUT2D eigenvalue weighted by atomic mass is 16.4. The van der Waals surface area contributed by atoms with E-state index < -0.39 is 23.3 Å². The predicted octanol–water partition coefficient (Wildman–Crippen LogP) is 0.374. The Labute approximate surface area is 107 Å². The molecule has 0 radical (unpaired) electrons. The number of hydrogen-bond acceptors (Lipinski definition) is 3. The van der Waals surface area contributed by atoms with Crippen LogP contribution in [0.1, 0.15) is 34.6 Å². The number of hydrogen-bond donors (Lipinski definition) is 3. The summed E-state index contributed by atoms with van der Waals surface area (Å²) in [6, 6.07) is -0.755. The van der Waals surface area contributed by atoms with Crippen molar-refractivity contribution in [1.82, 2.24) is 10.6 Å². The molecular weight excluding hydrogens is 236 g/mol. The van der Waals surface area contributed by atoms with Gasteiger partial charge in [-0.2, -0.15) is 0 Å². The van der Waals surface area contributed by atoms with Crippen molar-refractivity contribution in [2.24, 2.45) is 11.3 Å². The predicted molar refractivity (Wildman–Crippen MR) is 66.9 cm³/mol. The van der Waals surface area contributed by atoms with Crippen LogP contribution >= 0.6 is 0 Å². The quantitative estimate of drug-likeness (QED) is 0.600. The first-order chi connectivity index (χ1) is 8.09. The van der Waals surface area contributed by atoms with Crippen LogP contribution in [0.15, 0.2) is 0 Å². The Hall–Kier alpha value is -1.59. The largest absolute Gasteiger partial charge is 0.480 e. The van der Waals surface area contributed by atoms with Crippen molar-refractivity contribution < 1.29 is 19.5 Å². The average Bonchev–Trinajstić information content (AvgIpc) is 2.24. The van der Waals surface area contributed by atoms with E-state index in [2.05, 4.69) is 10.6 Å². The van der Waals surface area contributed by atoms with Crippen LogP contribution in [0.2, 0.25) is 0 Å². The van der Waals surface area contributed by atoms with Crippen LogP contribution in [0, 0.1) is 11.3 Å². The maximum atomic E-state index is 11.7. The molecule has 0 spiro atoms. The summed E-state index contributed by atoms with van der Waals surface area (Å²) in [6.07, 6.45) is 0. The van der Waals surface area contributed by atoms with Crippen molar-refractivity contribution in [3.63, 3.8) is 0 Å². The van der Waals surface area contributed by atoms with Gasteiger partial charge < -0.3 is 15.7 Å². The normalized spacial score (nSPS) is 13.0. The Balaban J connectivity index is 4.40. The molecule has 0 aliphatic carbocycles. The van der Waals surface area contributed by atoms with E-state index in [4.69, 9.17) is 5.11 Å². The fraction of sp³-hybridized carbons (Fsp3) is 0.750. The highest BCUT2D eigenvalue weighted by Gasteiger charge is 2.37. The molecule has 18 heavy (non-hydrogen) atoms. The molecule has 0 rings (SSSR count). The molecule has 0 aliphatic rings. The summed E-state index contributed by atoms with van der Waals surface area (Å²) in [5.74, 6) is -1.91. The number of carbonyl (C=O) groups is 3. The standard InChI is InChI=1S/C12H22N2O4/c1-7(2)6-13-9(15)8(3)14-10(16)12(4,5)11(17)18/h7-8H,6H2,1-5H3,(H,13,15)(H,14,16)(H,17,18). The van der Waals surface area contributed by atoms with Crippen molar-refractivity contribution in [1.29, 1.82) is 0 Å². The molecule has 3 N–H and O–H groups in total. The average molecular weight is 258 g/mol. The summed E-state index contributed by atoms with van der Waals surface area (Å²) in [7, 11) is 0. The molecule has 0 aromatic heterocycles. The molecule has 0 bridgehead atoms.